The molecule has 154 valence electrons. The van der Waals surface area contributed by atoms with Crippen molar-refractivity contribution in [2.24, 2.45) is 0 Å². The van der Waals surface area contributed by atoms with Gasteiger partial charge in [0.1, 0.15) is 0 Å². The molecule has 1 amide bonds. The molecule has 0 bridgehead atoms. The van der Waals surface area contributed by atoms with Gasteiger partial charge in [0, 0.05) is 37.3 Å². The Morgan fingerprint density at radius 1 is 1.17 bits per heavy atom. The van der Waals surface area contributed by atoms with E-state index in [-0.39, 0.29) is 18.3 Å². The van der Waals surface area contributed by atoms with Crippen LogP contribution in [-0.4, -0.2) is 32.0 Å². The van der Waals surface area contributed by atoms with E-state index in [1.807, 2.05) is 40.6 Å². The number of nitrogens with one attached hydrogen (secondary N) is 2. The van der Waals surface area contributed by atoms with Crippen molar-refractivity contribution in [1.29, 1.82) is 0 Å². The highest BCUT2D eigenvalue weighted by atomic mass is 35.5. The van der Waals surface area contributed by atoms with Gasteiger partial charge in [-0.3, -0.25) is 14.2 Å². The van der Waals surface area contributed by atoms with Crippen molar-refractivity contribution in [3.05, 3.63) is 64.7 Å². The number of amides is 1. The normalized spacial score (nSPS) is 12.9. The second-order valence-electron chi connectivity index (χ2n) is 7.36. The van der Waals surface area contributed by atoms with Crippen LogP contribution < -0.4 is 10.6 Å². The molecule has 0 radical (unpaired) electrons. The van der Waals surface area contributed by atoms with Gasteiger partial charge in [-0.25, -0.2) is 0 Å². The summed E-state index contributed by atoms with van der Waals surface area (Å²) in [7, 11) is 0. The van der Waals surface area contributed by atoms with E-state index in [0.717, 1.165) is 54.5 Å². The molecule has 1 aromatic carbocycles. The summed E-state index contributed by atoms with van der Waals surface area (Å²) in [5, 5.41) is 15.4. The number of rotatable bonds is 6. The fourth-order valence-electron chi connectivity index (χ4n) is 3.54. The largest absolute Gasteiger partial charge is 0.326 e. The van der Waals surface area contributed by atoms with Gasteiger partial charge in [-0.05, 0) is 43.7 Å². The molecular weight excluding hydrogens is 388 g/mol. The Labute approximate surface area is 176 Å². The summed E-state index contributed by atoms with van der Waals surface area (Å²) >= 11 is 0. The minimum absolute atomic E-state index is 0. The molecule has 3 aromatic rings. The molecule has 0 unspecified atom stereocenters. The van der Waals surface area contributed by atoms with Crippen LogP contribution >= 0.6 is 12.4 Å². The average Bonchev–Trinajstić information content (AvgIpc) is 3.23. The molecule has 0 atom stereocenters. The summed E-state index contributed by atoms with van der Waals surface area (Å²) in [6.45, 7) is 7.48. The van der Waals surface area contributed by atoms with Crippen LogP contribution in [-0.2, 0) is 30.8 Å². The van der Waals surface area contributed by atoms with Crippen molar-refractivity contribution in [3.8, 4) is 0 Å². The van der Waals surface area contributed by atoms with Crippen LogP contribution in [0.4, 0.5) is 5.69 Å². The Hall–Kier alpha value is -2.64. The molecule has 4 rings (SSSR count). The van der Waals surface area contributed by atoms with Crippen LogP contribution in [0.3, 0.4) is 0 Å². The molecule has 1 aliphatic heterocycles. The quantitative estimate of drug-likeness (QED) is 0.650. The van der Waals surface area contributed by atoms with E-state index in [1.165, 1.54) is 5.69 Å². The molecule has 1 aliphatic rings. The minimum atomic E-state index is 0. The standard InChI is InChI=1S/C21H26N6O.ClH/c1-15-11-16(2)27(24-15)14-17-3-5-18(6-4-17)23-21(28)8-7-19-12-20-13-22-9-10-26(20)25-19;/h3-6,11-12,22H,7-10,13-14H2,1-2H3,(H,23,28);1H. The fourth-order valence-corrected chi connectivity index (χ4v) is 3.54. The molecule has 0 spiro atoms. The number of nitrogens with zero attached hydrogens (tertiary/aromatic N) is 4. The van der Waals surface area contributed by atoms with Crippen LogP contribution in [0.1, 0.15) is 34.8 Å². The molecule has 0 saturated carbocycles. The van der Waals surface area contributed by atoms with Crippen molar-refractivity contribution in [2.45, 2.75) is 46.3 Å². The van der Waals surface area contributed by atoms with E-state index >= 15 is 0 Å². The van der Waals surface area contributed by atoms with Gasteiger partial charge < -0.3 is 10.6 Å². The van der Waals surface area contributed by atoms with E-state index in [2.05, 4.69) is 39.9 Å². The zero-order valence-corrected chi connectivity index (χ0v) is 17.6. The first-order chi connectivity index (χ1) is 13.6. The third kappa shape index (κ3) is 5.25. The Kier molecular flexibility index (Phi) is 6.71. The maximum absolute atomic E-state index is 12.3. The van der Waals surface area contributed by atoms with Crippen molar-refractivity contribution in [2.75, 3.05) is 11.9 Å². The number of benzene rings is 1. The number of hydrogen-bond donors (Lipinski definition) is 2. The number of carbonyl (C=O) groups is 1. The predicted molar refractivity (Wildman–Crippen MR) is 115 cm³/mol. The molecule has 7 nitrogen and oxygen atoms in total. The second kappa shape index (κ2) is 9.24. The molecule has 0 aliphatic carbocycles. The summed E-state index contributed by atoms with van der Waals surface area (Å²) in [4.78, 5) is 12.3. The van der Waals surface area contributed by atoms with Crippen molar-refractivity contribution in [3.63, 3.8) is 0 Å². The van der Waals surface area contributed by atoms with Crippen molar-refractivity contribution in [1.82, 2.24) is 24.9 Å². The lowest BCUT2D eigenvalue weighted by molar-refractivity contribution is -0.116. The molecule has 0 saturated heterocycles. The minimum Gasteiger partial charge on any atom is -0.326 e. The van der Waals surface area contributed by atoms with E-state index in [4.69, 9.17) is 0 Å². The van der Waals surface area contributed by atoms with Crippen molar-refractivity contribution < 1.29 is 4.79 Å². The van der Waals surface area contributed by atoms with Gasteiger partial charge in [-0.2, -0.15) is 10.2 Å². The average molecular weight is 415 g/mol. The highest BCUT2D eigenvalue weighted by Crippen LogP contribution is 2.14. The molecule has 0 fully saturated rings. The molecule has 2 aromatic heterocycles. The summed E-state index contributed by atoms with van der Waals surface area (Å²) in [5.41, 5.74) is 6.31. The van der Waals surface area contributed by atoms with Crippen molar-refractivity contribution >= 4 is 24.0 Å². The van der Waals surface area contributed by atoms with Crippen LogP contribution in [0.25, 0.3) is 0 Å². The van der Waals surface area contributed by atoms with E-state index < -0.39 is 0 Å². The zero-order valence-electron chi connectivity index (χ0n) is 16.8. The number of carbonyl (C=O) groups excluding carboxylic acids is 1. The summed E-state index contributed by atoms with van der Waals surface area (Å²) in [5.74, 6) is 0.00962. The van der Waals surface area contributed by atoms with E-state index in [9.17, 15) is 4.79 Å². The number of hydrogen-bond acceptors (Lipinski definition) is 4. The van der Waals surface area contributed by atoms with Gasteiger partial charge in [-0.15, -0.1) is 12.4 Å². The molecule has 2 N–H and O–H groups in total. The third-order valence-electron chi connectivity index (χ3n) is 5.00. The number of fused-ring (bicyclic) bond motifs is 1. The van der Waals surface area contributed by atoms with Gasteiger partial charge in [0.05, 0.1) is 30.2 Å². The number of anilines is 1. The first-order valence-electron chi connectivity index (χ1n) is 9.73. The Morgan fingerprint density at radius 2 is 1.97 bits per heavy atom. The molecule has 3 heterocycles. The van der Waals surface area contributed by atoms with Crippen LogP contribution in [0.15, 0.2) is 36.4 Å². The molecule has 8 heteroatoms. The van der Waals surface area contributed by atoms with E-state index in [0.29, 0.717) is 12.8 Å². The number of aryl methyl sites for hydroxylation is 3. The maximum Gasteiger partial charge on any atom is 0.224 e. The number of halogens is 1. The zero-order chi connectivity index (χ0) is 19.5. The Balaban J connectivity index is 0.00000240. The van der Waals surface area contributed by atoms with Gasteiger partial charge >= 0.3 is 0 Å². The number of aromatic nitrogens is 4. The molecule has 29 heavy (non-hydrogen) atoms. The fraction of sp³-hybridized carbons (Fsp3) is 0.381. The first kappa shape index (κ1) is 21.1. The smallest absolute Gasteiger partial charge is 0.224 e. The Bertz CT molecular complexity index is 952. The van der Waals surface area contributed by atoms with Gasteiger partial charge in [0.2, 0.25) is 5.91 Å². The topological polar surface area (TPSA) is 76.8 Å². The van der Waals surface area contributed by atoms with E-state index in [1.54, 1.807) is 0 Å². The summed E-state index contributed by atoms with van der Waals surface area (Å²) in [6, 6.07) is 12.1. The second-order valence-corrected chi connectivity index (χ2v) is 7.36. The van der Waals surface area contributed by atoms with Gasteiger partial charge in [0.15, 0.2) is 0 Å². The van der Waals surface area contributed by atoms with Crippen LogP contribution in [0.2, 0.25) is 0 Å². The van der Waals surface area contributed by atoms with Crippen LogP contribution in [0, 0.1) is 13.8 Å². The van der Waals surface area contributed by atoms with Gasteiger partial charge in [0.25, 0.3) is 0 Å². The lowest BCUT2D eigenvalue weighted by Gasteiger charge is -2.13. The predicted octanol–water partition coefficient (Wildman–Crippen LogP) is 2.84. The summed E-state index contributed by atoms with van der Waals surface area (Å²) < 4.78 is 4.02. The highest BCUT2D eigenvalue weighted by molar-refractivity contribution is 5.90. The summed E-state index contributed by atoms with van der Waals surface area (Å²) in [6.07, 6.45) is 1.08. The SMILES string of the molecule is Cc1cc(C)n(Cc2ccc(NC(=O)CCc3cc4n(n3)CCNC4)cc2)n1.Cl. The van der Waals surface area contributed by atoms with Crippen LogP contribution in [0.5, 0.6) is 0 Å². The first-order valence-corrected chi connectivity index (χ1v) is 9.73. The monoisotopic (exact) mass is 414 g/mol. The molecular formula is C21H27ClN6O. The lowest BCUT2D eigenvalue weighted by atomic mass is 10.2. The van der Waals surface area contributed by atoms with Gasteiger partial charge in [-0.1, -0.05) is 12.1 Å². The maximum atomic E-state index is 12.3. The lowest BCUT2D eigenvalue weighted by Crippen LogP contribution is -2.28. The third-order valence-corrected chi connectivity index (χ3v) is 5.00. The Morgan fingerprint density at radius 3 is 2.66 bits per heavy atom. The highest BCUT2D eigenvalue weighted by Gasteiger charge is 2.12.